The molecule has 5 N–H and O–H groups in total. The third kappa shape index (κ3) is 3.63. The topological polar surface area (TPSA) is 92.6 Å². The second kappa shape index (κ2) is 6.86. The van der Waals surface area contributed by atoms with Crippen LogP contribution in [0.15, 0.2) is 18.2 Å². The Morgan fingerprint density at radius 2 is 2.06 bits per heavy atom. The van der Waals surface area contributed by atoms with Crippen LogP contribution >= 0.6 is 0 Å². The minimum Gasteiger partial charge on any atom is -0.396 e. The molecular weight excluding hydrogens is 230 g/mol. The fourth-order valence-corrected chi connectivity index (χ4v) is 1.86. The molecule has 0 aliphatic carbocycles. The molecule has 0 bridgehead atoms. The van der Waals surface area contributed by atoms with Gasteiger partial charge >= 0.3 is 0 Å². The van der Waals surface area contributed by atoms with Crippen LogP contribution in [0, 0.1) is 0 Å². The van der Waals surface area contributed by atoms with E-state index in [0.717, 1.165) is 31.5 Å². The normalized spacial score (nSPS) is 10.3. The number of hydrogen-bond donors (Lipinski definition) is 3. The van der Waals surface area contributed by atoms with Gasteiger partial charge in [-0.2, -0.15) is 0 Å². The van der Waals surface area contributed by atoms with Crippen LogP contribution in [0.3, 0.4) is 0 Å². The maximum Gasteiger partial charge on any atom is 0.250 e. The largest absolute Gasteiger partial charge is 0.396 e. The van der Waals surface area contributed by atoms with Gasteiger partial charge in [-0.1, -0.05) is 6.07 Å². The molecule has 0 atom stereocenters. The number of aliphatic hydroxyl groups is 1. The van der Waals surface area contributed by atoms with Gasteiger partial charge in [-0.05, 0) is 31.4 Å². The maximum absolute atomic E-state index is 11.2. The zero-order chi connectivity index (χ0) is 13.5. The molecule has 0 saturated heterocycles. The van der Waals surface area contributed by atoms with Crippen LogP contribution in [0.5, 0.6) is 0 Å². The molecular formula is C13H21N3O2. The molecule has 0 heterocycles. The number of aliphatic hydroxyl groups excluding tert-OH is 1. The molecule has 0 unspecified atom stereocenters. The average molecular weight is 251 g/mol. The first-order valence-electron chi connectivity index (χ1n) is 6.08. The van der Waals surface area contributed by atoms with E-state index >= 15 is 0 Å². The number of benzene rings is 1. The van der Waals surface area contributed by atoms with Gasteiger partial charge in [0.05, 0.1) is 16.9 Å². The molecule has 0 radical (unpaired) electrons. The SMILES string of the molecule is CN(CCCCCO)c1cccc(C(N)=O)c1N. The van der Waals surface area contributed by atoms with Crippen molar-refractivity contribution in [3.8, 4) is 0 Å². The van der Waals surface area contributed by atoms with E-state index in [9.17, 15) is 4.79 Å². The average Bonchev–Trinajstić information content (AvgIpc) is 2.34. The van der Waals surface area contributed by atoms with Crippen molar-refractivity contribution in [3.05, 3.63) is 23.8 Å². The molecule has 1 aromatic carbocycles. The molecule has 5 nitrogen and oxygen atoms in total. The number of unbranched alkanes of at least 4 members (excludes halogenated alkanes) is 2. The summed E-state index contributed by atoms with van der Waals surface area (Å²) in [5.41, 5.74) is 12.8. The zero-order valence-electron chi connectivity index (χ0n) is 10.7. The highest BCUT2D eigenvalue weighted by Gasteiger charge is 2.11. The summed E-state index contributed by atoms with van der Waals surface area (Å²) in [6.45, 7) is 1.05. The van der Waals surface area contributed by atoms with Crippen molar-refractivity contribution >= 4 is 17.3 Å². The molecule has 0 aromatic heterocycles. The Bertz CT molecular complexity index is 407. The predicted octanol–water partition coefficient (Wildman–Crippen LogP) is 0.967. The summed E-state index contributed by atoms with van der Waals surface area (Å²) in [5.74, 6) is -0.511. The summed E-state index contributed by atoms with van der Waals surface area (Å²) < 4.78 is 0. The lowest BCUT2D eigenvalue weighted by Crippen LogP contribution is -2.22. The van der Waals surface area contributed by atoms with Crippen LogP contribution in [-0.2, 0) is 0 Å². The van der Waals surface area contributed by atoms with Gasteiger partial charge in [-0.25, -0.2) is 0 Å². The number of anilines is 2. The number of nitrogens with two attached hydrogens (primary N) is 2. The molecule has 1 rings (SSSR count). The second-order valence-electron chi connectivity index (χ2n) is 4.31. The number of amides is 1. The number of rotatable bonds is 7. The van der Waals surface area contributed by atoms with Gasteiger partial charge < -0.3 is 21.5 Å². The first-order valence-corrected chi connectivity index (χ1v) is 6.08. The van der Waals surface area contributed by atoms with Crippen LogP contribution < -0.4 is 16.4 Å². The zero-order valence-corrected chi connectivity index (χ0v) is 10.7. The minimum atomic E-state index is -0.511. The van der Waals surface area contributed by atoms with Crippen LogP contribution in [0.2, 0.25) is 0 Å². The Morgan fingerprint density at radius 1 is 1.33 bits per heavy atom. The van der Waals surface area contributed by atoms with Crippen molar-refractivity contribution in [1.29, 1.82) is 0 Å². The van der Waals surface area contributed by atoms with Crippen molar-refractivity contribution in [1.82, 2.24) is 0 Å². The molecule has 100 valence electrons. The van der Waals surface area contributed by atoms with Crippen molar-refractivity contribution in [2.75, 3.05) is 30.8 Å². The highest BCUT2D eigenvalue weighted by molar-refractivity contribution is 6.00. The van der Waals surface area contributed by atoms with E-state index in [2.05, 4.69) is 0 Å². The molecule has 0 spiro atoms. The molecule has 0 aliphatic heterocycles. The molecule has 18 heavy (non-hydrogen) atoms. The van der Waals surface area contributed by atoms with E-state index in [1.54, 1.807) is 12.1 Å². The van der Waals surface area contributed by atoms with Crippen molar-refractivity contribution in [2.45, 2.75) is 19.3 Å². The highest BCUT2D eigenvalue weighted by Crippen LogP contribution is 2.25. The van der Waals surface area contributed by atoms with Gasteiger partial charge in [0, 0.05) is 20.2 Å². The summed E-state index contributed by atoms with van der Waals surface area (Å²) in [5, 5.41) is 8.71. The predicted molar refractivity (Wildman–Crippen MR) is 73.6 cm³/mol. The number of carbonyl (C=O) groups excluding carboxylic acids is 1. The summed E-state index contributed by atoms with van der Waals surface area (Å²) in [6, 6.07) is 5.27. The van der Waals surface area contributed by atoms with E-state index in [1.807, 2.05) is 18.0 Å². The smallest absolute Gasteiger partial charge is 0.250 e. The number of nitrogen functional groups attached to an aromatic ring is 1. The van der Waals surface area contributed by atoms with Gasteiger partial charge in [-0.3, -0.25) is 4.79 Å². The first kappa shape index (κ1) is 14.3. The maximum atomic E-state index is 11.2. The molecule has 5 heteroatoms. The minimum absolute atomic E-state index is 0.225. The monoisotopic (exact) mass is 251 g/mol. The quantitative estimate of drug-likeness (QED) is 0.497. The summed E-state index contributed by atoms with van der Waals surface area (Å²) in [4.78, 5) is 13.2. The van der Waals surface area contributed by atoms with Crippen LogP contribution in [0.25, 0.3) is 0 Å². The van der Waals surface area contributed by atoms with Crippen LogP contribution in [0.1, 0.15) is 29.6 Å². The van der Waals surface area contributed by atoms with E-state index in [1.165, 1.54) is 0 Å². The Hall–Kier alpha value is -1.75. The lowest BCUT2D eigenvalue weighted by molar-refractivity contribution is 0.100. The van der Waals surface area contributed by atoms with Crippen LogP contribution in [-0.4, -0.2) is 31.2 Å². The van der Waals surface area contributed by atoms with Gasteiger partial charge in [0.1, 0.15) is 0 Å². The standard InChI is InChI=1S/C13H21N3O2/c1-16(8-3-2-4-9-17)11-7-5-6-10(12(11)14)13(15)18/h5-7,17H,2-4,8-9,14H2,1H3,(H2,15,18). The van der Waals surface area contributed by atoms with Crippen molar-refractivity contribution < 1.29 is 9.90 Å². The second-order valence-corrected chi connectivity index (χ2v) is 4.31. The first-order chi connectivity index (χ1) is 8.57. The number of primary amides is 1. The third-order valence-electron chi connectivity index (χ3n) is 2.91. The Kier molecular flexibility index (Phi) is 5.45. The van der Waals surface area contributed by atoms with Crippen molar-refractivity contribution in [3.63, 3.8) is 0 Å². The number of hydrogen-bond acceptors (Lipinski definition) is 4. The molecule has 0 aliphatic rings. The number of para-hydroxylation sites is 1. The fraction of sp³-hybridized carbons (Fsp3) is 0.462. The summed E-state index contributed by atoms with van der Waals surface area (Å²) in [7, 11) is 1.93. The molecule has 0 saturated carbocycles. The van der Waals surface area contributed by atoms with E-state index in [0.29, 0.717) is 11.3 Å². The van der Waals surface area contributed by atoms with E-state index in [4.69, 9.17) is 16.6 Å². The number of nitrogens with zero attached hydrogens (tertiary/aromatic N) is 1. The lowest BCUT2D eigenvalue weighted by atomic mass is 10.1. The molecule has 0 fully saturated rings. The summed E-state index contributed by atoms with van der Waals surface area (Å²) in [6.07, 6.45) is 2.75. The summed E-state index contributed by atoms with van der Waals surface area (Å²) >= 11 is 0. The molecule has 1 amide bonds. The Labute approximate surface area is 107 Å². The number of carbonyl (C=O) groups is 1. The Morgan fingerprint density at radius 3 is 2.67 bits per heavy atom. The van der Waals surface area contributed by atoms with E-state index in [-0.39, 0.29) is 6.61 Å². The lowest BCUT2D eigenvalue weighted by Gasteiger charge is -2.22. The Balaban J connectivity index is 2.70. The van der Waals surface area contributed by atoms with Crippen LogP contribution in [0.4, 0.5) is 11.4 Å². The highest BCUT2D eigenvalue weighted by atomic mass is 16.2. The molecule has 1 aromatic rings. The van der Waals surface area contributed by atoms with Gasteiger partial charge in [0.15, 0.2) is 0 Å². The fourth-order valence-electron chi connectivity index (χ4n) is 1.86. The van der Waals surface area contributed by atoms with Gasteiger partial charge in [0.2, 0.25) is 0 Å². The third-order valence-corrected chi connectivity index (χ3v) is 2.91. The van der Waals surface area contributed by atoms with Crippen molar-refractivity contribution in [2.24, 2.45) is 5.73 Å². The van der Waals surface area contributed by atoms with Gasteiger partial charge in [-0.15, -0.1) is 0 Å². The van der Waals surface area contributed by atoms with Gasteiger partial charge in [0.25, 0.3) is 5.91 Å². The van der Waals surface area contributed by atoms with E-state index < -0.39 is 5.91 Å².